The quantitative estimate of drug-likeness (QED) is 0.450. The number of nitrogens with one attached hydrogen (secondary N) is 3. The first-order valence-electron chi connectivity index (χ1n) is 11.6. The highest BCUT2D eigenvalue weighted by molar-refractivity contribution is 6.03. The molecule has 3 aromatic carbocycles. The van der Waals surface area contributed by atoms with Crippen molar-refractivity contribution in [2.24, 2.45) is 0 Å². The van der Waals surface area contributed by atoms with Crippen LogP contribution in [0.2, 0.25) is 0 Å². The molecule has 0 atom stereocenters. The fourth-order valence-electron chi connectivity index (χ4n) is 4.25. The molecule has 3 aromatic rings. The molecule has 1 fully saturated rings. The number of amides is 4. The molecule has 0 spiro atoms. The van der Waals surface area contributed by atoms with E-state index in [0.717, 1.165) is 42.0 Å². The Kier molecular flexibility index (Phi) is 7.72. The van der Waals surface area contributed by atoms with E-state index in [1.165, 1.54) is 6.07 Å². The molecule has 180 valence electrons. The standard InChI is InChI=1S/C27H27N3O5/c31-24(16-19-10-7-9-18-8-1-4-13-21(18)19)29-23-15-6-5-14-22(23)26(33)35-17-25(32)30-27(34)28-20-11-2-3-12-20/h1,4-10,13-15,20H,2-3,11-12,16-17H2,(H,29,31)(H2,28,30,32,34). The summed E-state index contributed by atoms with van der Waals surface area (Å²) in [6.07, 6.45) is 4.01. The summed E-state index contributed by atoms with van der Waals surface area (Å²) < 4.78 is 5.08. The van der Waals surface area contributed by atoms with Crippen molar-refractivity contribution in [1.29, 1.82) is 0 Å². The maximum Gasteiger partial charge on any atom is 0.340 e. The van der Waals surface area contributed by atoms with E-state index >= 15 is 0 Å². The number of hydrogen-bond donors (Lipinski definition) is 3. The summed E-state index contributed by atoms with van der Waals surface area (Å²) in [5, 5.41) is 9.68. The highest BCUT2D eigenvalue weighted by atomic mass is 16.5. The van der Waals surface area contributed by atoms with Crippen molar-refractivity contribution in [2.45, 2.75) is 38.1 Å². The molecule has 0 heterocycles. The van der Waals surface area contributed by atoms with E-state index in [0.29, 0.717) is 0 Å². The third-order valence-corrected chi connectivity index (χ3v) is 5.93. The predicted octanol–water partition coefficient (Wildman–Crippen LogP) is 3.95. The fourth-order valence-corrected chi connectivity index (χ4v) is 4.25. The van der Waals surface area contributed by atoms with Gasteiger partial charge in [-0.2, -0.15) is 0 Å². The predicted molar refractivity (Wildman–Crippen MR) is 132 cm³/mol. The Balaban J connectivity index is 1.33. The monoisotopic (exact) mass is 473 g/mol. The second-order valence-electron chi connectivity index (χ2n) is 8.49. The van der Waals surface area contributed by atoms with Crippen molar-refractivity contribution in [3.63, 3.8) is 0 Å². The SMILES string of the molecule is O=C(COC(=O)c1ccccc1NC(=O)Cc1cccc2ccccc12)NC(=O)NC1CCCC1. The minimum Gasteiger partial charge on any atom is -0.452 e. The van der Waals surface area contributed by atoms with E-state index < -0.39 is 24.5 Å². The largest absolute Gasteiger partial charge is 0.452 e. The van der Waals surface area contributed by atoms with Crippen LogP contribution in [0.15, 0.2) is 66.7 Å². The summed E-state index contributed by atoms with van der Waals surface area (Å²) in [4.78, 5) is 49.3. The van der Waals surface area contributed by atoms with Crippen molar-refractivity contribution >= 4 is 40.3 Å². The first kappa shape index (κ1) is 23.9. The molecular formula is C27H27N3O5. The molecular weight excluding hydrogens is 446 g/mol. The van der Waals surface area contributed by atoms with Gasteiger partial charge in [0.1, 0.15) is 0 Å². The van der Waals surface area contributed by atoms with E-state index in [-0.39, 0.29) is 29.6 Å². The van der Waals surface area contributed by atoms with E-state index in [1.54, 1.807) is 18.2 Å². The van der Waals surface area contributed by atoms with Crippen LogP contribution in [0.4, 0.5) is 10.5 Å². The Labute approximate surface area is 203 Å². The van der Waals surface area contributed by atoms with Crippen molar-refractivity contribution in [3.8, 4) is 0 Å². The Hall–Kier alpha value is -4.20. The molecule has 0 unspecified atom stereocenters. The second kappa shape index (κ2) is 11.3. The van der Waals surface area contributed by atoms with Gasteiger partial charge in [-0.3, -0.25) is 14.9 Å². The van der Waals surface area contributed by atoms with Gasteiger partial charge in [0, 0.05) is 6.04 Å². The highest BCUT2D eigenvalue weighted by Crippen LogP contribution is 2.21. The summed E-state index contributed by atoms with van der Waals surface area (Å²) in [5.74, 6) is -1.80. The Morgan fingerprint density at radius 1 is 0.829 bits per heavy atom. The first-order chi connectivity index (χ1) is 17.0. The molecule has 8 nitrogen and oxygen atoms in total. The number of benzene rings is 3. The Morgan fingerprint density at radius 3 is 2.37 bits per heavy atom. The topological polar surface area (TPSA) is 114 Å². The summed E-state index contributed by atoms with van der Waals surface area (Å²) >= 11 is 0. The number of carbonyl (C=O) groups is 4. The van der Waals surface area contributed by atoms with E-state index in [9.17, 15) is 19.2 Å². The third kappa shape index (κ3) is 6.44. The van der Waals surface area contributed by atoms with Gasteiger partial charge in [-0.1, -0.05) is 67.4 Å². The number of carbonyl (C=O) groups excluding carboxylic acids is 4. The van der Waals surface area contributed by atoms with Crippen LogP contribution < -0.4 is 16.0 Å². The van der Waals surface area contributed by atoms with E-state index in [2.05, 4.69) is 16.0 Å². The summed E-state index contributed by atoms with van der Waals surface area (Å²) in [6, 6.07) is 19.5. The van der Waals surface area contributed by atoms with E-state index in [4.69, 9.17) is 4.74 Å². The molecule has 1 saturated carbocycles. The molecule has 1 aliphatic carbocycles. The van der Waals surface area contributed by atoms with Crippen molar-refractivity contribution in [3.05, 3.63) is 77.9 Å². The summed E-state index contributed by atoms with van der Waals surface area (Å²) in [7, 11) is 0. The van der Waals surface area contributed by atoms with Crippen LogP contribution in [0.1, 0.15) is 41.6 Å². The molecule has 35 heavy (non-hydrogen) atoms. The molecule has 3 N–H and O–H groups in total. The normalized spacial score (nSPS) is 13.3. The van der Waals surface area contributed by atoms with Crippen LogP contribution in [0.25, 0.3) is 10.8 Å². The molecule has 0 saturated heterocycles. The van der Waals surface area contributed by atoms with Gasteiger partial charge in [0.15, 0.2) is 6.61 Å². The van der Waals surface area contributed by atoms with Crippen LogP contribution in [0, 0.1) is 0 Å². The second-order valence-corrected chi connectivity index (χ2v) is 8.49. The van der Waals surface area contributed by atoms with Crippen LogP contribution in [-0.2, 0) is 20.7 Å². The number of hydrogen-bond acceptors (Lipinski definition) is 5. The minimum absolute atomic E-state index is 0.0645. The number of ether oxygens (including phenoxy) is 1. The number of fused-ring (bicyclic) bond motifs is 1. The number of anilines is 1. The van der Waals surface area contributed by atoms with Crippen molar-refractivity contribution in [1.82, 2.24) is 10.6 Å². The molecule has 0 aliphatic heterocycles. The number of imide groups is 1. The minimum atomic E-state index is -0.780. The first-order valence-corrected chi connectivity index (χ1v) is 11.6. The third-order valence-electron chi connectivity index (χ3n) is 5.93. The van der Waals surface area contributed by atoms with Gasteiger partial charge in [0.2, 0.25) is 5.91 Å². The molecule has 8 heteroatoms. The number of para-hydroxylation sites is 1. The molecule has 4 amide bonds. The summed E-state index contributed by atoms with van der Waals surface area (Å²) in [5.41, 5.74) is 1.26. The number of esters is 1. The molecule has 1 aliphatic rings. The van der Waals surface area contributed by atoms with Gasteiger partial charge in [0.25, 0.3) is 5.91 Å². The molecule has 0 bridgehead atoms. The van der Waals surface area contributed by atoms with Gasteiger partial charge in [-0.15, -0.1) is 0 Å². The van der Waals surface area contributed by atoms with Gasteiger partial charge < -0.3 is 15.4 Å². The number of rotatable bonds is 7. The Bertz CT molecular complexity index is 1250. The number of urea groups is 1. The van der Waals surface area contributed by atoms with Crippen LogP contribution in [0.5, 0.6) is 0 Å². The van der Waals surface area contributed by atoms with Gasteiger partial charge >= 0.3 is 12.0 Å². The van der Waals surface area contributed by atoms with Gasteiger partial charge in [-0.05, 0) is 41.3 Å². The maximum atomic E-state index is 12.8. The fraction of sp³-hybridized carbons (Fsp3) is 0.259. The lowest BCUT2D eigenvalue weighted by atomic mass is 10.0. The average Bonchev–Trinajstić information content (AvgIpc) is 3.36. The van der Waals surface area contributed by atoms with Crippen LogP contribution >= 0.6 is 0 Å². The molecule has 0 aromatic heterocycles. The lowest BCUT2D eigenvalue weighted by molar-refractivity contribution is -0.123. The van der Waals surface area contributed by atoms with E-state index in [1.807, 2.05) is 42.5 Å². The van der Waals surface area contributed by atoms with Gasteiger partial charge in [0.05, 0.1) is 17.7 Å². The molecule has 0 radical (unpaired) electrons. The Morgan fingerprint density at radius 2 is 1.54 bits per heavy atom. The summed E-state index contributed by atoms with van der Waals surface area (Å²) in [6.45, 7) is -0.616. The molecule has 4 rings (SSSR count). The average molecular weight is 474 g/mol. The van der Waals surface area contributed by atoms with Crippen LogP contribution in [-0.4, -0.2) is 36.5 Å². The lowest BCUT2D eigenvalue weighted by Crippen LogP contribution is -2.45. The lowest BCUT2D eigenvalue weighted by Gasteiger charge is -2.13. The van der Waals surface area contributed by atoms with Gasteiger partial charge in [-0.25, -0.2) is 9.59 Å². The zero-order valence-corrected chi connectivity index (χ0v) is 19.2. The zero-order valence-electron chi connectivity index (χ0n) is 19.2. The van der Waals surface area contributed by atoms with Crippen LogP contribution in [0.3, 0.4) is 0 Å². The maximum absolute atomic E-state index is 12.8. The smallest absolute Gasteiger partial charge is 0.340 e. The van der Waals surface area contributed by atoms with Crippen molar-refractivity contribution in [2.75, 3.05) is 11.9 Å². The highest BCUT2D eigenvalue weighted by Gasteiger charge is 2.20. The van der Waals surface area contributed by atoms with Crippen molar-refractivity contribution < 1.29 is 23.9 Å². The zero-order chi connectivity index (χ0) is 24.6.